The number of hydrogen-bond donors (Lipinski definition) is 2. The largest absolute Gasteiger partial charge is 0.346 e. The van der Waals surface area contributed by atoms with E-state index in [0.29, 0.717) is 11.3 Å². The Kier molecular flexibility index (Phi) is 4.74. The molecule has 1 spiro atoms. The van der Waals surface area contributed by atoms with Gasteiger partial charge in [-0.2, -0.15) is 5.10 Å². The Labute approximate surface area is 193 Å². The van der Waals surface area contributed by atoms with E-state index < -0.39 is 0 Å². The molecule has 6 rings (SSSR count). The Hall–Kier alpha value is -2.18. The number of nitrogens with zero attached hydrogens (tertiary/aromatic N) is 3. The smallest absolute Gasteiger partial charge is 0.158 e. The fourth-order valence-corrected chi connectivity index (χ4v) is 7.88. The minimum Gasteiger partial charge on any atom is -0.346 e. The average molecular weight is 448 g/mol. The maximum Gasteiger partial charge on any atom is 0.158 e. The second kappa shape index (κ2) is 7.42. The summed E-state index contributed by atoms with van der Waals surface area (Å²) in [5.41, 5.74) is 8.10. The van der Waals surface area contributed by atoms with Gasteiger partial charge in [0, 0.05) is 22.0 Å². The van der Waals surface area contributed by atoms with E-state index in [-0.39, 0.29) is 0 Å². The molecule has 2 fully saturated rings. The Morgan fingerprint density at radius 3 is 2.78 bits per heavy atom. The molecule has 0 bridgehead atoms. The zero-order chi connectivity index (χ0) is 22.0. The highest BCUT2D eigenvalue weighted by atomic mass is 32.1. The van der Waals surface area contributed by atoms with Gasteiger partial charge in [0.25, 0.3) is 0 Å². The van der Waals surface area contributed by atoms with Crippen LogP contribution in [0.2, 0.25) is 0 Å². The highest BCUT2D eigenvalue weighted by Gasteiger charge is 2.41. The lowest BCUT2D eigenvalue weighted by Crippen LogP contribution is -2.34. The van der Waals surface area contributed by atoms with Gasteiger partial charge in [-0.3, -0.25) is 0 Å². The van der Waals surface area contributed by atoms with E-state index in [2.05, 4.69) is 60.3 Å². The van der Waals surface area contributed by atoms with Crippen LogP contribution in [0.1, 0.15) is 79.4 Å². The molecule has 1 saturated carbocycles. The SMILES string of the molecule is Cc1c(C2CCC3(CCNCC3)C2)sc2[nH]c(-c3cc(C)c4ncnn4c3)c(C(C)C)c12. The van der Waals surface area contributed by atoms with Crippen LogP contribution >= 0.6 is 11.3 Å². The van der Waals surface area contributed by atoms with Gasteiger partial charge in [0.15, 0.2) is 5.65 Å². The number of fused-ring (bicyclic) bond motifs is 2. The number of hydrogen-bond acceptors (Lipinski definition) is 4. The number of aryl methyl sites for hydroxylation is 2. The number of aromatic nitrogens is 4. The van der Waals surface area contributed by atoms with Crippen molar-refractivity contribution in [2.75, 3.05) is 13.1 Å². The molecule has 1 atom stereocenters. The first-order chi connectivity index (χ1) is 15.5. The quantitative estimate of drug-likeness (QED) is 0.386. The number of thiophene rings is 1. The summed E-state index contributed by atoms with van der Waals surface area (Å²) in [5.74, 6) is 1.18. The van der Waals surface area contributed by atoms with Crippen LogP contribution in [0.3, 0.4) is 0 Å². The topological polar surface area (TPSA) is 58.0 Å². The first kappa shape index (κ1) is 20.4. The van der Waals surface area contributed by atoms with Crippen molar-refractivity contribution in [3.05, 3.63) is 40.2 Å². The Bertz CT molecular complexity index is 1300. The number of piperidine rings is 1. The van der Waals surface area contributed by atoms with Gasteiger partial charge in [-0.25, -0.2) is 9.50 Å². The highest BCUT2D eigenvalue weighted by molar-refractivity contribution is 7.19. The van der Waals surface area contributed by atoms with E-state index >= 15 is 0 Å². The molecule has 1 saturated heterocycles. The van der Waals surface area contributed by atoms with Crippen molar-refractivity contribution in [2.45, 2.75) is 71.6 Å². The Morgan fingerprint density at radius 2 is 2.00 bits per heavy atom. The number of rotatable bonds is 3. The molecule has 2 N–H and O–H groups in total. The summed E-state index contributed by atoms with van der Waals surface area (Å²) < 4.78 is 1.90. The van der Waals surface area contributed by atoms with Crippen molar-refractivity contribution in [3.8, 4) is 11.3 Å². The van der Waals surface area contributed by atoms with Crippen molar-refractivity contribution < 1.29 is 0 Å². The van der Waals surface area contributed by atoms with E-state index in [1.54, 1.807) is 11.2 Å². The van der Waals surface area contributed by atoms with Crippen molar-refractivity contribution in [1.29, 1.82) is 0 Å². The van der Waals surface area contributed by atoms with E-state index in [9.17, 15) is 0 Å². The maximum absolute atomic E-state index is 4.40. The van der Waals surface area contributed by atoms with Crippen molar-refractivity contribution in [1.82, 2.24) is 24.9 Å². The van der Waals surface area contributed by atoms with Crippen LogP contribution in [0.15, 0.2) is 18.6 Å². The lowest BCUT2D eigenvalue weighted by Gasteiger charge is -2.34. The summed E-state index contributed by atoms with van der Waals surface area (Å²) in [7, 11) is 0. The lowest BCUT2D eigenvalue weighted by atomic mass is 9.77. The van der Waals surface area contributed by atoms with Gasteiger partial charge in [0.05, 0.1) is 5.69 Å². The predicted molar refractivity (Wildman–Crippen MR) is 133 cm³/mol. The highest BCUT2D eigenvalue weighted by Crippen LogP contribution is 2.54. The van der Waals surface area contributed by atoms with Gasteiger partial charge in [-0.1, -0.05) is 13.8 Å². The van der Waals surface area contributed by atoms with Crippen molar-refractivity contribution >= 4 is 27.2 Å². The molecular weight excluding hydrogens is 414 g/mol. The second-order valence-corrected chi connectivity index (χ2v) is 11.5. The molecule has 6 heteroatoms. The molecule has 32 heavy (non-hydrogen) atoms. The minimum atomic E-state index is 0.450. The number of pyridine rings is 1. The minimum absolute atomic E-state index is 0.450. The van der Waals surface area contributed by atoms with Gasteiger partial charge in [0.1, 0.15) is 11.2 Å². The zero-order valence-corrected chi connectivity index (χ0v) is 20.4. The van der Waals surface area contributed by atoms with E-state index in [1.807, 2.05) is 15.9 Å². The summed E-state index contributed by atoms with van der Waals surface area (Å²) in [4.78, 5) is 11.2. The summed E-state index contributed by atoms with van der Waals surface area (Å²) >= 11 is 2.02. The fourth-order valence-electron chi connectivity index (χ4n) is 6.52. The van der Waals surface area contributed by atoms with Gasteiger partial charge < -0.3 is 10.3 Å². The van der Waals surface area contributed by atoms with Crippen LogP contribution in [0.4, 0.5) is 0 Å². The molecule has 1 aliphatic heterocycles. The summed E-state index contributed by atoms with van der Waals surface area (Å²) in [6, 6.07) is 2.25. The molecule has 4 aromatic rings. The van der Waals surface area contributed by atoms with Crippen LogP contribution < -0.4 is 5.32 Å². The number of aromatic amines is 1. The second-order valence-electron chi connectivity index (χ2n) is 10.5. The molecule has 0 amide bonds. The first-order valence-corrected chi connectivity index (χ1v) is 12.9. The lowest BCUT2D eigenvalue weighted by molar-refractivity contribution is 0.207. The third kappa shape index (κ3) is 3.06. The third-order valence-electron chi connectivity index (χ3n) is 8.12. The molecule has 0 radical (unpaired) electrons. The standard InChI is InChI=1S/C26H33N5S/c1-15(2)20-21-17(4)23(18-5-6-26(12-18)7-9-27-10-8-26)32-25(21)30-22(20)19-11-16(3)24-28-14-29-31(24)13-19/h11,13-15,18,27,30H,5-10,12H2,1-4H3. The Morgan fingerprint density at radius 1 is 1.19 bits per heavy atom. The molecule has 5 heterocycles. The number of nitrogens with one attached hydrogen (secondary N) is 2. The van der Waals surface area contributed by atoms with E-state index in [0.717, 1.165) is 17.1 Å². The van der Waals surface area contributed by atoms with Crippen molar-refractivity contribution in [2.24, 2.45) is 5.41 Å². The third-order valence-corrected chi connectivity index (χ3v) is 9.49. The van der Waals surface area contributed by atoms with Crippen LogP contribution in [0, 0.1) is 19.3 Å². The van der Waals surface area contributed by atoms with Crippen molar-refractivity contribution in [3.63, 3.8) is 0 Å². The van der Waals surface area contributed by atoms with E-state index in [1.165, 1.54) is 77.8 Å². The normalized spacial score (nSPS) is 21.0. The maximum atomic E-state index is 4.40. The van der Waals surface area contributed by atoms with Crippen LogP contribution in [-0.4, -0.2) is 32.7 Å². The average Bonchev–Trinajstić information content (AvgIpc) is 3.53. The molecule has 168 valence electrons. The zero-order valence-electron chi connectivity index (χ0n) is 19.6. The van der Waals surface area contributed by atoms with Crippen LogP contribution in [0.5, 0.6) is 0 Å². The van der Waals surface area contributed by atoms with Crippen LogP contribution in [-0.2, 0) is 0 Å². The number of H-pyrrole nitrogens is 1. The molecule has 0 aromatic carbocycles. The van der Waals surface area contributed by atoms with Gasteiger partial charge >= 0.3 is 0 Å². The van der Waals surface area contributed by atoms with Crippen LogP contribution in [0.25, 0.3) is 27.1 Å². The van der Waals surface area contributed by atoms with Gasteiger partial charge in [-0.05, 0) is 99.0 Å². The molecule has 1 unspecified atom stereocenters. The molecule has 1 aliphatic carbocycles. The van der Waals surface area contributed by atoms with Gasteiger partial charge in [-0.15, -0.1) is 11.3 Å². The monoisotopic (exact) mass is 447 g/mol. The predicted octanol–water partition coefficient (Wildman–Crippen LogP) is 6.32. The summed E-state index contributed by atoms with van der Waals surface area (Å²) in [6.45, 7) is 11.5. The first-order valence-electron chi connectivity index (χ1n) is 12.1. The Balaban J connectivity index is 1.44. The van der Waals surface area contributed by atoms with Gasteiger partial charge in [0.2, 0.25) is 0 Å². The molecule has 5 nitrogen and oxygen atoms in total. The molecular formula is C26H33N5S. The summed E-state index contributed by atoms with van der Waals surface area (Å²) in [5, 5.41) is 9.43. The summed E-state index contributed by atoms with van der Waals surface area (Å²) in [6.07, 6.45) is 10.6. The fraction of sp³-hybridized carbons (Fsp3) is 0.538. The molecule has 4 aromatic heterocycles. The van der Waals surface area contributed by atoms with E-state index in [4.69, 9.17) is 0 Å². The molecule has 2 aliphatic rings.